The zero-order chi connectivity index (χ0) is 20.2. The van der Waals surface area contributed by atoms with Crippen LogP contribution in [0.15, 0.2) is 24.5 Å². The van der Waals surface area contributed by atoms with E-state index in [4.69, 9.17) is 9.47 Å². The lowest BCUT2D eigenvalue weighted by atomic mass is 10.0. The highest BCUT2D eigenvalue weighted by molar-refractivity contribution is 5.84. The maximum Gasteiger partial charge on any atom is 0.252 e. The molecule has 0 aromatic carbocycles. The molecule has 2 aromatic heterocycles. The summed E-state index contributed by atoms with van der Waals surface area (Å²) in [5, 5.41) is 0. The standard InChI is InChI=1S/C23H33N3O3/c1-17(26(18-10-11-18)23(27)21-9-3-5-15-29-21)19-16-25(13-4-6-14-28-2)20-8-7-12-24-22(19)20/h7-8,12,16-18,21H,3-6,9-11,13-15H2,1-2H3/t17-,21-/m1/s1. The van der Waals surface area contributed by atoms with E-state index in [0.717, 1.165) is 74.7 Å². The molecule has 2 atom stereocenters. The first-order valence-electron chi connectivity index (χ1n) is 11.1. The van der Waals surface area contributed by atoms with E-state index in [0.29, 0.717) is 12.6 Å². The van der Waals surface area contributed by atoms with Crippen molar-refractivity contribution in [3.63, 3.8) is 0 Å². The highest BCUT2D eigenvalue weighted by Crippen LogP contribution is 2.38. The van der Waals surface area contributed by atoms with Gasteiger partial charge in [-0.1, -0.05) is 0 Å². The van der Waals surface area contributed by atoms with E-state index in [1.54, 1.807) is 7.11 Å². The third kappa shape index (κ3) is 4.48. The maximum absolute atomic E-state index is 13.3. The van der Waals surface area contributed by atoms with Gasteiger partial charge in [-0.05, 0) is 64.0 Å². The van der Waals surface area contributed by atoms with Crippen molar-refractivity contribution in [1.29, 1.82) is 0 Å². The van der Waals surface area contributed by atoms with Gasteiger partial charge in [-0.15, -0.1) is 0 Å². The first-order valence-corrected chi connectivity index (χ1v) is 11.1. The molecule has 6 heteroatoms. The van der Waals surface area contributed by atoms with Gasteiger partial charge in [-0.3, -0.25) is 9.78 Å². The molecule has 0 unspecified atom stereocenters. The Morgan fingerprint density at radius 3 is 2.93 bits per heavy atom. The largest absolute Gasteiger partial charge is 0.385 e. The molecule has 1 aliphatic heterocycles. The topological polar surface area (TPSA) is 56.6 Å². The number of methoxy groups -OCH3 is 1. The summed E-state index contributed by atoms with van der Waals surface area (Å²) in [6, 6.07) is 4.45. The maximum atomic E-state index is 13.3. The summed E-state index contributed by atoms with van der Waals surface area (Å²) in [5.74, 6) is 0.164. The number of aromatic nitrogens is 2. The Hall–Kier alpha value is -1.92. The molecule has 29 heavy (non-hydrogen) atoms. The molecule has 158 valence electrons. The van der Waals surface area contributed by atoms with Crippen molar-refractivity contribution in [3.05, 3.63) is 30.1 Å². The van der Waals surface area contributed by atoms with Crippen LogP contribution >= 0.6 is 0 Å². The van der Waals surface area contributed by atoms with Crippen LogP contribution in [-0.2, 0) is 20.8 Å². The predicted molar refractivity (Wildman–Crippen MR) is 113 cm³/mol. The number of hydrogen-bond acceptors (Lipinski definition) is 4. The second-order valence-electron chi connectivity index (χ2n) is 8.36. The third-order valence-electron chi connectivity index (χ3n) is 6.18. The third-order valence-corrected chi connectivity index (χ3v) is 6.18. The van der Waals surface area contributed by atoms with Crippen LogP contribution in [0.2, 0.25) is 0 Å². The number of pyridine rings is 1. The Kier molecular flexibility index (Phi) is 6.50. The van der Waals surface area contributed by atoms with Crippen LogP contribution in [0.5, 0.6) is 0 Å². The second kappa shape index (κ2) is 9.26. The normalized spacial score (nSPS) is 20.7. The number of carbonyl (C=O) groups excluding carboxylic acids is 1. The number of rotatable bonds is 9. The number of aryl methyl sites for hydroxylation is 1. The van der Waals surface area contributed by atoms with Gasteiger partial charge in [0.05, 0.1) is 17.1 Å². The van der Waals surface area contributed by atoms with Crippen molar-refractivity contribution in [2.24, 2.45) is 0 Å². The molecule has 0 spiro atoms. The van der Waals surface area contributed by atoms with Gasteiger partial charge in [-0.25, -0.2) is 0 Å². The van der Waals surface area contributed by atoms with Gasteiger partial charge in [0.15, 0.2) is 0 Å². The molecule has 4 rings (SSSR count). The van der Waals surface area contributed by atoms with Gasteiger partial charge >= 0.3 is 0 Å². The van der Waals surface area contributed by atoms with Crippen LogP contribution in [0.25, 0.3) is 11.0 Å². The Bertz CT molecular complexity index is 824. The first-order chi connectivity index (χ1) is 14.2. The summed E-state index contributed by atoms with van der Waals surface area (Å²) in [5.41, 5.74) is 3.29. The predicted octanol–water partition coefficient (Wildman–Crippen LogP) is 4.08. The van der Waals surface area contributed by atoms with Crippen LogP contribution in [-0.4, -0.2) is 52.8 Å². The average molecular weight is 400 g/mol. The highest BCUT2D eigenvalue weighted by atomic mass is 16.5. The van der Waals surface area contributed by atoms with E-state index in [-0.39, 0.29) is 18.1 Å². The van der Waals surface area contributed by atoms with Crippen LogP contribution < -0.4 is 0 Å². The quantitative estimate of drug-likeness (QED) is 0.596. The summed E-state index contributed by atoms with van der Waals surface area (Å²) in [6.45, 7) is 4.57. The van der Waals surface area contributed by atoms with Gasteiger partial charge in [0.25, 0.3) is 5.91 Å². The van der Waals surface area contributed by atoms with Crippen molar-refractivity contribution in [3.8, 4) is 0 Å². The van der Waals surface area contributed by atoms with Crippen molar-refractivity contribution in [1.82, 2.24) is 14.5 Å². The molecule has 2 fully saturated rings. The SMILES string of the molecule is COCCCCn1cc([C@@H](C)N(C(=O)[C@H]2CCCCO2)C2CC2)c2ncccc21. The second-order valence-corrected chi connectivity index (χ2v) is 8.36. The van der Waals surface area contributed by atoms with E-state index < -0.39 is 0 Å². The fraction of sp³-hybridized carbons (Fsp3) is 0.652. The lowest BCUT2D eigenvalue weighted by Crippen LogP contribution is -2.44. The molecule has 1 saturated heterocycles. The van der Waals surface area contributed by atoms with Gasteiger partial charge < -0.3 is 18.9 Å². The molecular weight excluding hydrogens is 366 g/mol. The molecule has 1 amide bonds. The van der Waals surface area contributed by atoms with Crippen LogP contribution in [0, 0.1) is 0 Å². The summed E-state index contributed by atoms with van der Waals surface area (Å²) in [6.07, 6.45) is 11.0. The smallest absolute Gasteiger partial charge is 0.252 e. The van der Waals surface area contributed by atoms with E-state index in [9.17, 15) is 4.79 Å². The number of amides is 1. The zero-order valence-electron chi connectivity index (χ0n) is 17.7. The first kappa shape index (κ1) is 20.4. The number of carbonyl (C=O) groups is 1. The number of unbranched alkanes of at least 4 members (excludes halogenated alkanes) is 1. The summed E-state index contributed by atoms with van der Waals surface area (Å²) >= 11 is 0. The minimum atomic E-state index is -0.276. The zero-order valence-corrected chi connectivity index (χ0v) is 17.7. The fourth-order valence-corrected chi connectivity index (χ4v) is 4.46. The van der Waals surface area contributed by atoms with Crippen molar-refractivity contribution < 1.29 is 14.3 Å². The Labute approximate surface area is 173 Å². The number of hydrogen-bond donors (Lipinski definition) is 0. The Morgan fingerprint density at radius 1 is 1.34 bits per heavy atom. The molecule has 1 aliphatic carbocycles. The molecule has 6 nitrogen and oxygen atoms in total. The summed E-state index contributed by atoms with van der Waals surface area (Å²) in [4.78, 5) is 20.1. The van der Waals surface area contributed by atoms with E-state index in [1.165, 1.54) is 0 Å². The number of nitrogens with zero attached hydrogens (tertiary/aromatic N) is 3. The van der Waals surface area contributed by atoms with Crippen molar-refractivity contribution in [2.45, 2.75) is 76.6 Å². The molecule has 2 aromatic rings. The molecule has 2 aliphatic rings. The minimum Gasteiger partial charge on any atom is -0.385 e. The molecule has 0 N–H and O–H groups in total. The molecular formula is C23H33N3O3. The number of fused-ring (bicyclic) bond motifs is 1. The summed E-state index contributed by atoms with van der Waals surface area (Å²) in [7, 11) is 1.74. The monoisotopic (exact) mass is 399 g/mol. The molecule has 3 heterocycles. The van der Waals surface area contributed by atoms with E-state index in [1.807, 2.05) is 12.3 Å². The van der Waals surface area contributed by atoms with Crippen molar-refractivity contribution >= 4 is 16.9 Å². The van der Waals surface area contributed by atoms with Crippen LogP contribution in [0.3, 0.4) is 0 Å². The molecule has 0 radical (unpaired) electrons. The van der Waals surface area contributed by atoms with Gasteiger partial charge in [0.1, 0.15) is 6.10 Å². The van der Waals surface area contributed by atoms with Crippen LogP contribution in [0.4, 0.5) is 0 Å². The van der Waals surface area contributed by atoms with Gasteiger partial charge in [0.2, 0.25) is 0 Å². The van der Waals surface area contributed by atoms with Crippen molar-refractivity contribution in [2.75, 3.05) is 20.3 Å². The van der Waals surface area contributed by atoms with E-state index >= 15 is 0 Å². The highest BCUT2D eigenvalue weighted by Gasteiger charge is 2.40. The average Bonchev–Trinajstić information content (AvgIpc) is 3.52. The fourth-order valence-electron chi connectivity index (χ4n) is 4.46. The van der Waals surface area contributed by atoms with Crippen LogP contribution in [0.1, 0.15) is 63.5 Å². The van der Waals surface area contributed by atoms with Gasteiger partial charge in [0, 0.05) is 50.9 Å². The lowest BCUT2D eigenvalue weighted by molar-refractivity contribution is -0.149. The Morgan fingerprint density at radius 2 is 2.21 bits per heavy atom. The van der Waals surface area contributed by atoms with Gasteiger partial charge in [-0.2, -0.15) is 0 Å². The Balaban J connectivity index is 1.59. The number of ether oxygens (including phenoxy) is 2. The molecule has 1 saturated carbocycles. The molecule has 0 bridgehead atoms. The van der Waals surface area contributed by atoms with E-state index in [2.05, 4.69) is 33.6 Å². The lowest BCUT2D eigenvalue weighted by Gasteiger charge is -2.33. The summed E-state index contributed by atoms with van der Waals surface area (Å²) < 4.78 is 13.3. The minimum absolute atomic E-state index is 0.00171.